The normalized spacial score (nSPS) is 30.5. The fourth-order valence-corrected chi connectivity index (χ4v) is 3.29. The molecule has 0 saturated carbocycles. The molecule has 3 nitrogen and oxygen atoms in total. The number of ether oxygens (including phenoxy) is 1. The van der Waals surface area contributed by atoms with Crippen molar-refractivity contribution >= 4 is 5.69 Å². The van der Waals surface area contributed by atoms with Gasteiger partial charge < -0.3 is 15.2 Å². The number of rotatable bonds is 2. The standard InChI is InChI=1S/C16H23NO2/c1-2-11-5-6-14-13(8-11)9-15(18)16(17-14)12-4-3-7-19-10-12/h5-6,8,12,15-18H,2-4,7,9-10H2,1H3. The Balaban J connectivity index is 1.79. The molecule has 3 rings (SSSR count). The number of nitrogens with one attached hydrogen (secondary N) is 1. The number of hydrogen-bond donors (Lipinski definition) is 2. The van der Waals surface area contributed by atoms with Crippen molar-refractivity contribution in [3.63, 3.8) is 0 Å². The summed E-state index contributed by atoms with van der Waals surface area (Å²) >= 11 is 0. The van der Waals surface area contributed by atoms with Gasteiger partial charge in [0, 0.05) is 24.6 Å². The highest BCUT2D eigenvalue weighted by molar-refractivity contribution is 5.56. The minimum absolute atomic E-state index is 0.139. The van der Waals surface area contributed by atoms with E-state index in [4.69, 9.17) is 4.74 Å². The van der Waals surface area contributed by atoms with Gasteiger partial charge in [0.05, 0.1) is 18.8 Å². The van der Waals surface area contributed by atoms with Crippen LogP contribution in [0.5, 0.6) is 0 Å². The second-order valence-electron chi connectivity index (χ2n) is 5.76. The van der Waals surface area contributed by atoms with E-state index >= 15 is 0 Å². The smallest absolute Gasteiger partial charge is 0.0785 e. The van der Waals surface area contributed by atoms with Crippen molar-refractivity contribution in [1.29, 1.82) is 0 Å². The molecule has 0 spiro atoms. The van der Waals surface area contributed by atoms with E-state index in [0.29, 0.717) is 5.92 Å². The lowest BCUT2D eigenvalue weighted by atomic mass is 9.84. The molecule has 0 aromatic heterocycles. The number of aliphatic hydroxyl groups is 1. The molecule has 2 aliphatic rings. The van der Waals surface area contributed by atoms with E-state index in [1.807, 2.05) is 0 Å². The van der Waals surface area contributed by atoms with Crippen LogP contribution in [-0.2, 0) is 17.6 Å². The van der Waals surface area contributed by atoms with Gasteiger partial charge in [-0.15, -0.1) is 0 Å². The zero-order chi connectivity index (χ0) is 13.2. The molecule has 0 aliphatic carbocycles. The quantitative estimate of drug-likeness (QED) is 0.859. The van der Waals surface area contributed by atoms with Gasteiger partial charge in [0.25, 0.3) is 0 Å². The molecular formula is C16H23NO2. The maximum absolute atomic E-state index is 10.4. The summed E-state index contributed by atoms with van der Waals surface area (Å²) in [6.07, 6.45) is 3.76. The molecule has 1 saturated heterocycles. The third-order valence-corrected chi connectivity index (χ3v) is 4.45. The molecule has 1 fully saturated rings. The monoisotopic (exact) mass is 261 g/mol. The second-order valence-corrected chi connectivity index (χ2v) is 5.76. The van der Waals surface area contributed by atoms with Gasteiger partial charge in [-0.1, -0.05) is 19.1 Å². The van der Waals surface area contributed by atoms with Crippen LogP contribution >= 0.6 is 0 Å². The van der Waals surface area contributed by atoms with Gasteiger partial charge in [0.2, 0.25) is 0 Å². The van der Waals surface area contributed by atoms with Crippen molar-refractivity contribution in [2.24, 2.45) is 5.92 Å². The van der Waals surface area contributed by atoms with Gasteiger partial charge in [-0.25, -0.2) is 0 Å². The van der Waals surface area contributed by atoms with Crippen molar-refractivity contribution in [2.45, 2.75) is 44.8 Å². The maximum atomic E-state index is 10.4. The minimum Gasteiger partial charge on any atom is -0.391 e. The Bertz CT molecular complexity index is 440. The van der Waals surface area contributed by atoms with Crippen molar-refractivity contribution < 1.29 is 9.84 Å². The van der Waals surface area contributed by atoms with Crippen molar-refractivity contribution in [3.05, 3.63) is 29.3 Å². The summed E-state index contributed by atoms with van der Waals surface area (Å²) in [7, 11) is 0. The van der Waals surface area contributed by atoms with Crippen LogP contribution in [-0.4, -0.2) is 30.5 Å². The van der Waals surface area contributed by atoms with Gasteiger partial charge in [-0.3, -0.25) is 0 Å². The minimum atomic E-state index is -0.300. The summed E-state index contributed by atoms with van der Waals surface area (Å²) in [5, 5.41) is 14.0. The predicted octanol–water partition coefficient (Wildman–Crippen LogP) is 2.37. The first-order valence-corrected chi connectivity index (χ1v) is 7.42. The SMILES string of the molecule is CCc1ccc2c(c1)CC(O)C(C1CCCOC1)N2. The van der Waals surface area contributed by atoms with Crippen LogP contribution in [0, 0.1) is 5.92 Å². The van der Waals surface area contributed by atoms with Crippen molar-refractivity contribution in [1.82, 2.24) is 0 Å². The molecule has 0 bridgehead atoms. The van der Waals surface area contributed by atoms with E-state index in [1.165, 1.54) is 16.8 Å². The van der Waals surface area contributed by atoms with E-state index in [0.717, 1.165) is 38.9 Å². The van der Waals surface area contributed by atoms with Gasteiger partial charge >= 0.3 is 0 Å². The molecular weight excluding hydrogens is 238 g/mol. The molecule has 2 aliphatic heterocycles. The Labute approximate surface area is 115 Å². The Hall–Kier alpha value is -1.06. The van der Waals surface area contributed by atoms with Crippen LogP contribution in [0.2, 0.25) is 0 Å². The molecule has 3 atom stereocenters. The Morgan fingerprint density at radius 2 is 2.32 bits per heavy atom. The third kappa shape index (κ3) is 2.63. The molecule has 1 aromatic carbocycles. The Morgan fingerprint density at radius 1 is 1.42 bits per heavy atom. The number of aryl methyl sites for hydroxylation is 1. The number of fused-ring (bicyclic) bond motifs is 1. The second kappa shape index (κ2) is 5.51. The molecule has 3 unspecified atom stereocenters. The molecule has 3 heteroatoms. The molecule has 104 valence electrons. The van der Waals surface area contributed by atoms with Gasteiger partial charge in [0.1, 0.15) is 0 Å². The number of benzene rings is 1. The Morgan fingerprint density at radius 3 is 3.05 bits per heavy atom. The zero-order valence-corrected chi connectivity index (χ0v) is 11.6. The summed E-state index contributed by atoms with van der Waals surface area (Å²) in [5.74, 6) is 0.433. The fraction of sp³-hybridized carbons (Fsp3) is 0.625. The van der Waals surface area contributed by atoms with E-state index in [1.54, 1.807) is 0 Å². The van der Waals surface area contributed by atoms with Gasteiger partial charge in [0.15, 0.2) is 0 Å². The predicted molar refractivity (Wildman–Crippen MR) is 76.5 cm³/mol. The Kier molecular flexibility index (Phi) is 3.76. The first-order valence-electron chi connectivity index (χ1n) is 7.42. The molecule has 2 heterocycles. The van der Waals surface area contributed by atoms with E-state index < -0.39 is 0 Å². The largest absolute Gasteiger partial charge is 0.391 e. The average molecular weight is 261 g/mol. The zero-order valence-electron chi connectivity index (χ0n) is 11.6. The van der Waals surface area contributed by atoms with Crippen LogP contribution in [0.1, 0.15) is 30.9 Å². The summed E-state index contributed by atoms with van der Waals surface area (Å²) < 4.78 is 5.56. The van der Waals surface area contributed by atoms with Crippen LogP contribution < -0.4 is 5.32 Å². The summed E-state index contributed by atoms with van der Waals surface area (Å²) in [6.45, 7) is 3.81. The van der Waals surface area contributed by atoms with Crippen LogP contribution in [0.15, 0.2) is 18.2 Å². The van der Waals surface area contributed by atoms with E-state index in [-0.39, 0.29) is 12.1 Å². The summed E-state index contributed by atoms with van der Waals surface area (Å²) in [5.41, 5.74) is 3.78. The maximum Gasteiger partial charge on any atom is 0.0785 e. The highest BCUT2D eigenvalue weighted by atomic mass is 16.5. The number of aliphatic hydroxyl groups excluding tert-OH is 1. The van der Waals surface area contributed by atoms with Crippen LogP contribution in [0.3, 0.4) is 0 Å². The first-order chi connectivity index (χ1) is 9.28. The van der Waals surface area contributed by atoms with Gasteiger partial charge in [-0.2, -0.15) is 0 Å². The average Bonchev–Trinajstić information content (AvgIpc) is 2.47. The number of hydrogen-bond acceptors (Lipinski definition) is 3. The van der Waals surface area contributed by atoms with Crippen LogP contribution in [0.25, 0.3) is 0 Å². The third-order valence-electron chi connectivity index (χ3n) is 4.45. The van der Waals surface area contributed by atoms with Crippen molar-refractivity contribution in [3.8, 4) is 0 Å². The highest BCUT2D eigenvalue weighted by Crippen LogP contribution is 2.31. The first kappa shape index (κ1) is 12.9. The lowest BCUT2D eigenvalue weighted by molar-refractivity contribution is 0.0198. The molecule has 0 radical (unpaired) electrons. The topological polar surface area (TPSA) is 41.5 Å². The van der Waals surface area contributed by atoms with E-state index in [2.05, 4.69) is 30.4 Å². The number of anilines is 1. The summed E-state index contributed by atoms with van der Waals surface area (Å²) in [4.78, 5) is 0. The molecule has 1 aromatic rings. The lowest BCUT2D eigenvalue weighted by Crippen LogP contribution is -2.47. The highest BCUT2D eigenvalue weighted by Gasteiger charge is 2.33. The van der Waals surface area contributed by atoms with Crippen LogP contribution in [0.4, 0.5) is 5.69 Å². The fourth-order valence-electron chi connectivity index (χ4n) is 3.29. The van der Waals surface area contributed by atoms with Crippen molar-refractivity contribution in [2.75, 3.05) is 18.5 Å². The molecule has 0 amide bonds. The summed E-state index contributed by atoms with van der Waals surface area (Å²) in [6, 6.07) is 6.70. The molecule has 2 N–H and O–H groups in total. The van der Waals surface area contributed by atoms with E-state index in [9.17, 15) is 5.11 Å². The molecule has 19 heavy (non-hydrogen) atoms. The van der Waals surface area contributed by atoms with Gasteiger partial charge in [-0.05, 0) is 36.5 Å². The lowest BCUT2D eigenvalue weighted by Gasteiger charge is -2.38.